The molecule has 158 valence electrons. The average molecular weight is 423 g/mol. The van der Waals surface area contributed by atoms with Crippen LogP contribution in [-0.4, -0.2) is 22.7 Å². The van der Waals surface area contributed by atoms with Crippen molar-refractivity contribution >= 4 is 23.3 Å². The molecule has 3 nitrogen and oxygen atoms in total. The van der Waals surface area contributed by atoms with Gasteiger partial charge >= 0.3 is 0 Å². The first-order valence-corrected chi connectivity index (χ1v) is 11.7. The predicted molar refractivity (Wildman–Crippen MR) is 124 cm³/mol. The van der Waals surface area contributed by atoms with Gasteiger partial charge in [0, 0.05) is 17.5 Å². The summed E-state index contributed by atoms with van der Waals surface area (Å²) in [6, 6.07) is 16.4. The zero-order valence-electron chi connectivity index (χ0n) is 18.0. The SMILES string of the molecule is CCCC(CCC)N1C(=N)CC(c2cccc(-c3cccc(Cl)c3)c2)(C2CC2)C1=O. The van der Waals surface area contributed by atoms with E-state index in [0.29, 0.717) is 23.2 Å². The van der Waals surface area contributed by atoms with Crippen molar-refractivity contribution in [3.63, 3.8) is 0 Å². The molecule has 30 heavy (non-hydrogen) atoms. The number of amides is 1. The highest BCUT2D eigenvalue weighted by atomic mass is 35.5. The van der Waals surface area contributed by atoms with Crippen LogP contribution in [0.25, 0.3) is 11.1 Å². The molecule has 1 aliphatic heterocycles. The predicted octanol–water partition coefficient (Wildman–Crippen LogP) is 6.83. The highest BCUT2D eigenvalue weighted by Crippen LogP contribution is 2.54. The van der Waals surface area contributed by atoms with Crippen LogP contribution >= 0.6 is 11.6 Å². The number of hydrogen-bond donors (Lipinski definition) is 1. The molecule has 1 heterocycles. The molecule has 1 saturated heterocycles. The molecule has 2 aliphatic rings. The van der Waals surface area contributed by atoms with E-state index in [4.69, 9.17) is 17.0 Å². The lowest BCUT2D eigenvalue weighted by Gasteiger charge is -2.32. The second-order valence-corrected chi connectivity index (χ2v) is 9.30. The normalized spacial score (nSPS) is 21.7. The van der Waals surface area contributed by atoms with E-state index in [1.54, 1.807) is 0 Å². The fourth-order valence-corrected chi connectivity index (χ4v) is 5.41. The third-order valence-corrected chi connectivity index (χ3v) is 6.99. The number of likely N-dealkylation sites (tertiary alicyclic amines) is 1. The number of nitrogens with one attached hydrogen (secondary N) is 1. The molecular weight excluding hydrogens is 392 g/mol. The topological polar surface area (TPSA) is 44.2 Å². The van der Waals surface area contributed by atoms with Gasteiger partial charge in [-0.05, 0) is 60.4 Å². The molecule has 4 heteroatoms. The first-order valence-electron chi connectivity index (χ1n) is 11.3. The summed E-state index contributed by atoms with van der Waals surface area (Å²) in [6.45, 7) is 4.32. The Hall–Kier alpha value is -2.13. The number of amidine groups is 1. The number of benzene rings is 2. The van der Waals surface area contributed by atoms with Crippen LogP contribution in [0, 0.1) is 11.3 Å². The van der Waals surface area contributed by atoms with Crippen LogP contribution in [0.3, 0.4) is 0 Å². The van der Waals surface area contributed by atoms with E-state index in [1.807, 2.05) is 29.2 Å². The Labute approximate surface area is 184 Å². The number of nitrogens with zero attached hydrogens (tertiary/aromatic N) is 1. The minimum absolute atomic E-state index is 0.150. The summed E-state index contributed by atoms with van der Waals surface area (Å²) in [7, 11) is 0. The summed E-state index contributed by atoms with van der Waals surface area (Å²) in [5.41, 5.74) is 2.62. The molecule has 0 spiro atoms. The van der Waals surface area contributed by atoms with Gasteiger partial charge < -0.3 is 0 Å². The van der Waals surface area contributed by atoms with Crippen molar-refractivity contribution in [1.82, 2.24) is 4.90 Å². The number of halogens is 1. The Morgan fingerprint density at radius 1 is 1.07 bits per heavy atom. The first-order chi connectivity index (χ1) is 14.5. The Morgan fingerprint density at radius 3 is 2.30 bits per heavy atom. The van der Waals surface area contributed by atoms with E-state index in [-0.39, 0.29) is 11.9 Å². The fraction of sp³-hybridized carbons (Fsp3) is 0.462. The highest BCUT2D eigenvalue weighted by Gasteiger charge is 2.59. The summed E-state index contributed by atoms with van der Waals surface area (Å²) in [5, 5.41) is 9.49. The zero-order chi connectivity index (χ0) is 21.3. The van der Waals surface area contributed by atoms with Gasteiger partial charge in [0.05, 0.1) is 5.41 Å². The number of carbonyl (C=O) groups excluding carboxylic acids is 1. The molecule has 1 saturated carbocycles. The lowest BCUT2D eigenvalue weighted by Crippen LogP contribution is -2.45. The molecule has 1 aliphatic carbocycles. The highest BCUT2D eigenvalue weighted by molar-refractivity contribution is 6.30. The van der Waals surface area contributed by atoms with Crippen molar-refractivity contribution in [1.29, 1.82) is 5.41 Å². The summed E-state index contributed by atoms with van der Waals surface area (Å²) >= 11 is 6.22. The Kier molecular flexibility index (Phi) is 6.02. The second-order valence-electron chi connectivity index (χ2n) is 8.87. The smallest absolute Gasteiger partial charge is 0.239 e. The van der Waals surface area contributed by atoms with Gasteiger partial charge in [-0.1, -0.05) is 74.7 Å². The van der Waals surface area contributed by atoms with Crippen LogP contribution in [0.1, 0.15) is 64.4 Å². The van der Waals surface area contributed by atoms with E-state index >= 15 is 0 Å². The molecule has 1 amide bonds. The van der Waals surface area contributed by atoms with Gasteiger partial charge in [0.15, 0.2) is 0 Å². The number of carbonyl (C=O) groups is 1. The second kappa shape index (κ2) is 8.55. The van der Waals surface area contributed by atoms with Gasteiger partial charge in [-0.2, -0.15) is 0 Å². The first kappa shape index (κ1) is 21.1. The van der Waals surface area contributed by atoms with Crippen LogP contribution in [0.4, 0.5) is 0 Å². The standard InChI is InChI=1S/C26H31ClN2O/c1-3-7-23(8-4-2)29-24(28)17-26(25(29)30,20-13-14-20)21-11-5-9-18(15-21)19-10-6-12-22(27)16-19/h5-6,9-12,15-16,20,23,28H,3-4,7-8,13-14,17H2,1-2H3. The Morgan fingerprint density at radius 2 is 1.70 bits per heavy atom. The van der Waals surface area contributed by atoms with E-state index < -0.39 is 5.41 Å². The molecule has 2 aromatic rings. The maximum absolute atomic E-state index is 14.0. The average Bonchev–Trinajstić information content (AvgIpc) is 3.54. The van der Waals surface area contributed by atoms with Crippen molar-refractivity contribution in [2.24, 2.45) is 5.92 Å². The monoisotopic (exact) mass is 422 g/mol. The molecule has 1 N–H and O–H groups in total. The van der Waals surface area contributed by atoms with Crippen LogP contribution < -0.4 is 0 Å². The summed E-state index contributed by atoms with van der Waals surface area (Å²) in [6.07, 6.45) is 6.65. The van der Waals surface area contributed by atoms with Crippen LogP contribution in [0.5, 0.6) is 0 Å². The van der Waals surface area contributed by atoms with Gasteiger partial charge in [0.25, 0.3) is 0 Å². The molecular formula is C26H31ClN2O. The van der Waals surface area contributed by atoms with Crippen LogP contribution in [0.2, 0.25) is 5.02 Å². The maximum atomic E-state index is 14.0. The molecule has 4 rings (SSSR count). The number of rotatable bonds is 8. The maximum Gasteiger partial charge on any atom is 0.239 e. The van der Waals surface area contributed by atoms with E-state index in [0.717, 1.165) is 55.2 Å². The summed E-state index contributed by atoms with van der Waals surface area (Å²) in [5.74, 6) is 1.01. The van der Waals surface area contributed by atoms with Crippen molar-refractivity contribution < 1.29 is 4.79 Å². The number of hydrogen-bond acceptors (Lipinski definition) is 2. The minimum atomic E-state index is -0.578. The van der Waals surface area contributed by atoms with Crippen LogP contribution in [-0.2, 0) is 10.2 Å². The van der Waals surface area contributed by atoms with Crippen molar-refractivity contribution in [3.8, 4) is 11.1 Å². The largest absolute Gasteiger partial charge is 0.297 e. The molecule has 0 aromatic heterocycles. The van der Waals surface area contributed by atoms with Crippen molar-refractivity contribution in [2.75, 3.05) is 0 Å². The Balaban J connectivity index is 1.75. The van der Waals surface area contributed by atoms with Gasteiger partial charge in [-0.15, -0.1) is 0 Å². The van der Waals surface area contributed by atoms with Crippen molar-refractivity contribution in [2.45, 2.75) is 70.3 Å². The summed E-state index contributed by atoms with van der Waals surface area (Å²) in [4.78, 5) is 15.8. The minimum Gasteiger partial charge on any atom is -0.297 e. The Bertz CT molecular complexity index is 946. The van der Waals surface area contributed by atoms with E-state index in [9.17, 15) is 4.79 Å². The van der Waals surface area contributed by atoms with Gasteiger partial charge in [0.2, 0.25) is 5.91 Å². The van der Waals surface area contributed by atoms with E-state index in [1.165, 1.54) is 0 Å². The molecule has 2 fully saturated rings. The summed E-state index contributed by atoms with van der Waals surface area (Å²) < 4.78 is 0. The lowest BCUT2D eigenvalue weighted by molar-refractivity contribution is -0.133. The van der Waals surface area contributed by atoms with Gasteiger partial charge in [-0.25, -0.2) is 0 Å². The quantitative estimate of drug-likeness (QED) is 0.497. The van der Waals surface area contributed by atoms with Gasteiger partial charge in [-0.3, -0.25) is 15.1 Å². The fourth-order valence-electron chi connectivity index (χ4n) is 5.22. The van der Waals surface area contributed by atoms with Crippen molar-refractivity contribution in [3.05, 3.63) is 59.1 Å². The third-order valence-electron chi connectivity index (χ3n) is 6.76. The zero-order valence-corrected chi connectivity index (χ0v) is 18.7. The molecule has 1 unspecified atom stereocenters. The van der Waals surface area contributed by atoms with E-state index in [2.05, 4.69) is 38.1 Å². The molecule has 1 atom stereocenters. The molecule has 2 aromatic carbocycles. The van der Waals surface area contributed by atoms with Crippen LogP contribution in [0.15, 0.2) is 48.5 Å². The van der Waals surface area contributed by atoms with Gasteiger partial charge in [0.1, 0.15) is 5.84 Å². The third kappa shape index (κ3) is 3.69. The molecule has 0 radical (unpaired) electrons. The lowest BCUT2D eigenvalue weighted by atomic mass is 9.73. The molecule has 0 bridgehead atoms.